The van der Waals surface area contributed by atoms with Gasteiger partial charge in [-0.15, -0.1) is 0 Å². The minimum Gasteiger partial charge on any atom is -0.481 e. The van der Waals surface area contributed by atoms with E-state index in [-0.39, 0.29) is 23.4 Å². The first-order valence-electron chi connectivity index (χ1n) is 11.6. The van der Waals surface area contributed by atoms with Crippen LogP contribution in [0.15, 0.2) is 0 Å². The van der Waals surface area contributed by atoms with Gasteiger partial charge >= 0.3 is 5.97 Å². The fourth-order valence-electron chi connectivity index (χ4n) is 8.54. The fraction of sp³-hybridized carbons (Fsp3) is 0.917. The lowest BCUT2D eigenvalue weighted by atomic mass is 9.44. The number of aliphatic hydroxyl groups excluding tert-OH is 1. The highest BCUT2D eigenvalue weighted by molar-refractivity contribution is 5.79. The number of carboxylic acids is 1. The Bertz CT molecular complexity index is 645. The second kappa shape index (κ2) is 7.11. The number of aliphatic carboxylic acids is 1. The lowest BCUT2D eigenvalue weighted by Crippen LogP contribution is -2.58. The summed E-state index contributed by atoms with van der Waals surface area (Å²) in [5.74, 6) is 2.52. The zero-order valence-electron chi connectivity index (χ0n) is 17.8. The average Bonchev–Trinajstić information content (AvgIpc) is 2.98. The highest BCUT2D eigenvalue weighted by Crippen LogP contribution is 2.68. The molecule has 4 aliphatic rings. The molecule has 4 aliphatic carbocycles. The molecule has 28 heavy (non-hydrogen) atoms. The first kappa shape index (κ1) is 20.4. The van der Waals surface area contributed by atoms with Crippen molar-refractivity contribution in [3.05, 3.63) is 0 Å². The van der Waals surface area contributed by atoms with Crippen LogP contribution < -0.4 is 0 Å². The Morgan fingerprint density at radius 2 is 1.86 bits per heavy atom. The minimum atomic E-state index is -0.691. The van der Waals surface area contributed by atoms with Crippen LogP contribution in [0.1, 0.15) is 85.0 Å². The van der Waals surface area contributed by atoms with Gasteiger partial charge in [0.2, 0.25) is 0 Å². The molecule has 4 heteroatoms. The third-order valence-electron chi connectivity index (χ3n) is 10.1. The molecule has 0 aromatic carbocycles. The number of aliphatic hydroxyl groups is 1. The van der Waals surface area contributed by atoms with Crippen molar-refractivity contribution in [2.75, 3.05) is 0 Å². The van der Waals surface area contributed by atoms with Gasteiger partial charge in [-0.25, -0.2) is 0 Å². The predicted molar refractivity (Wildman–Crippen MR) is 108 cm³/mol. The minimum absolute atomic E-state index is 0.214. The Morgan fingerprint density at radius 1 is 1.14 bits per heavy atom. The smallest absolute Gasteiger partial charge is 0.303 e. The SMILES string of the molecule is CC(CCC(=O)O)C1CCC2C3C(O)CC4CC(=O)CC[C@]4(C)C3CC[C@]12C. The Labute approximate surface area is 169 Å². The molecule has 0 aromatic heterocycles. The normalized spacial score (nSPS) is 49.1. The van der Waals surface area contributed by atoms with E-state index < -0.39 is 5.97 Å². The van der Waals surface area contributed by atoms with Crippen molar-refractivity contribution in [1.29, 1.82) is 0 Å². The molecule has 0 spiro atoms. The molecule has 2 N–H and O–H groups in total. The van der Waals surface area contributed by atoms with E-state index in [9.17, 15) is 14.7 Å². The summed E-state index contributed by atoms with van der Waals surface area (Å²) >= 11 is 0. The Balaban J connectivity index is 1.56. The summed E-state index contributed by atoms with van der Waals surface area (Å²) in [6.07, 6.45) is 8.68. The van der Waals surface area contributed by atoms with Crippen molar-refractivity contribution < 1.29 is 19.8 Å². The lowest BCUT2D eigenvalue weighted by Gasteiger charge is -2.62. The van der Waals surface area contributed by atoms with Crippen LogP contribution in [0.3, 0.4) is 0 Å². The zero-order valence-corrected chi connectivity index (χ0v) is 17.8. The molecule has 9 atom stereocenters. The highest BCUT2D eigenvalue weighted by Gasteiger charge is 2.62. The third-order valence-corrected chi connectivity index (χ3v) is 10.1. The Hall–Kier alpha value is -0.900. The first-order valence-corrected chi connectivity index (χ1v) is 11.6. The van der Waals surface area contributed by atoms with Crippen LogP contribution in [-0.2, 0) is 9.59 Å². The maximum absolute atomic E-state index is 12.1. The van der Waals surface area contributed by atoms with Gasteiger partial charge in [-0.1, -0.05) is 20.8 Å². The van der Waals surface area contributed by atoms with Crippen molar-refractivity contribution >= 4 is 11.8 Å². The van der Waals surface area contributed by atoms with Gasteiger partial charge in [0.15, 0.2) is 0 Å². The summed E-state index contributed by atoms with van der Waals surface area (Å²) in [6.45, 7) is 7.10. The number of Topliss-reactive ketones (excluding diaryl/α,β-unsaturated/α-hetero) is 1. The number of carbonyl (C=O) groups is 2. The van der Waals surface area contributed by atoms with E-state index in [1.54, 1.807) is 0 Å². The van der Waals surface area contributed by atoms with Crippen molar-refractivity contribution in [2.24, 2.45) is 46.3 Å². The standard InChI is InChI=1S/C24H38O4/c1-14(4-7-21(27)28)17-5-6-18-22-19(9-11-24(17,18)3)23(2)10-8-16(25)12-15(23)13-20(22)26/h14-15,17-20,22,26H,4-13H2,1-3H3,(H,27,28)/t14?,15?,17?,18?,19?,20?,22?,23-,24+/m0/s1. The van der Waals surface area contributed by atoms with Crippen molar-refractivity contribution in [3.63, 3.8) is 0 Å². The van der Waals surface area contributed by atoms with Gasteiger partial charge in [-0.3, -0.25) is 9.59 Å². The molecule has 0 bridgehead atoms. The van der Waals surface area contributed by atoms with Gasteiger partial charge < -0.3 is 10.2 Å². The van der Waals surface area contributed by atoms with Crippen molar-refractivity contribution in [1.82, 2.24) is 0 Å². The molecule has 4 rings (SSSR count). The van der Waals surface area contributed by atoms with Gasteiger partial charge in [0.25, 0.3) is 0 Å². The number of ketones is 1. The van der Waals surface area contributed by atoms with Gasteiger partial charge in [0, 0.05) is 19.3 Å². The van der Waals surface area contributed by atoms with E-state index in [1.165, 1.54) is 19.3 Å². The second-order valence-corrected chi connectivity index (χ2v) is 11.2. The molecule has 4 fully saturated rings. The van der Waals surface area contributed by atoms with E-state index in [1.807, 2.05) is 0 Å². The second-order valence-electron chi connectivity index (χ2n) is 11.2. The summed E-state index contributed by atoms with van der Waals surface area (Å²) in [5, 5.41) is 20.3. The third kappa shape index (κ3) is 3.05. The van der Waals surface area contributed by atoms with Crippen LogP contribution in [0.5, 0.6) is 0 Å². The number of carbonyl (C=O) groups excluding carboxylic acids is 1. The number of fused-ring (bicyclic) bond motifs is 5. The van der Waals surface area contributed by atoms with E-state index in [0.717, 1.165) is 32.1 Å². The van der Waals surface area contributed by atoms with Gasteiger partial charge in [0.1, 0.15) is 5.78 Å². The number of rotatable bonds is 4. The fourth-order valence-corrected chi connectivity index (χ4v) is 8.54. The highest BCUT2D eigenvalue weighted by atomic mass is 16.4. The summed E-state index contributed by atoms with van der Waals surface area (Å²) in [5.41, 5.74) is 0.444. The summed E-state index contributed by atoms with van der Waals surface area (Å²) < 4.78 is 0. The molecule has 7 unspecified atom stereocenters. The summed E-state index contributed by atoms with van der Waals surface area (Å²) in [4.78, 5) is 23.1. The number of carboxylic acid groups (broad SMARTS) is 1. The van der Waals surface area contributed by atoms with Crippen LogP contribution in [0.2, 0.25) is 0 Å². The monoisotopic (exact) mass is 390 g/mol. The molecular weight excluding hydrogens is 352 g/mol. The topological polar surface area (TPSA) is 74.6 Å². The van der Waals surface area contributed by atoms with E-state index in [0.29, 0.717) is 47.7 Å². The Morgan fingerprint density at radius 3 is 2.57 bits per heavy atom. The van der Waals surface area contributed by atoms with Crippen LogP contribution >= 0.6 is 0 Å². The van der Waals surface area contributed by atoms with Crippen LogP contribution in [0, 0.1) is 46.3 Å². The number of hydrogen-bond donors (Lipinski definition) is 2. The number of hydrogen-bond acceptors (Lipinski definition) is 3. The van der Waals surface area contributed by atoms with Crippen LogP contribution in [0.25, 0.3) is 0 Å². The molecule has 0 aliphatic heterocycles. The molecular formula is C24H38O4. The molecule has 0 saturated heterocycles. The zero-order chi connectivity index (χ0) is 20.3. The lowest BCUT2D eigenvalue weighted by molar-refractivity contribution is -0.169. The van der Waals surface area contributed by atoms with Crippen molar-refractivity contribution in [3.8, 4) is 0 Å². The molecule has 0 amide bonds. The Kier molecular flexibility index (Phi) is 5.17. The molecule has 4 nitrogen and oxygen atoms in total. The predicted octanol–water partition coefficient (Wildman–Crippen LogP) is 4.69. The van der Waals surface area contributed by atoms with E-state index >= 15 is 0 Å². The average molecular weight is 391 g/mol. The van der Waals surface area contributed by atoms with E-state index in [4.69, 9.17) is 5.11 Å². The summed E-state index contributed by atoms with van der Waals surface area (Å²) in [6, 6.07) is 0. The first-order chi connectivity index (χ1) is 13.2. The maximum atomic E-state index is 12.1. The molecule has 4 saturated carbocycles. The largest absolute Gasteiger partial charge is 0.481 e. The van der Waals surface area contributed by atoms with Gasteiger partial charge in [0.05, 0.1) is 6.10 Å². The molecule has 0 aromatic rings. The van der Waals surface area contributed by atoms with Crippen molar-refractivity contribution in [2.45, 2.75) is 91.1 Å². The van der Waals surface area contributed by atoms with Crippen LogP contribution in [-0.4, -0.2) is 28.1 Å². The van der Waals surface area contributed by atoms with Gasteiger partial charge in [-0.2, -0.15) is 0 Å². The molecule has 0 radical (unpaired) electrons. The molecule has 0 heterocycles. The van der Waals surface area contributed by atoms with Gasteiger partial charge in [-0.05, 0) is 91.3 Å². The van der Waals surface area contributed by atoms with E-state index in [2.05, 4.69) is 20.8 Å². The van der Waals surface area contributed by atoms with Crippen LogP contribution in [0.4, 0.5) is 0 Å². The quantitative estimate of drug-likeness (QED) is 0.730. The molecule has 158 valence electrons. The maximum Gasteiger partial charge on any atom is 0.303 e. The summed E-state index contributed by atoms with van der Waals surface area (Å²) in [7, 11) is 0.